The van der Waals surface area contributed by atoms with Gasteiger partial charge >= 0.3 is 6.09 Å². The number of benzene rings is 1. The molecule has 10 nitrogen and oxygen atoms in total. The second-order valence-electron chi connectivity index (χ2n) is 5.18. The summed E-state index contributed by atoms with van der Waals surface area (Å²) in [5.74, 6) is 3.23. The van der Waals surface area contributed by atoms with Gasteiger partial charge < -0.3 is 25.6 Å². The van der Waals surface area contributed by atoms with Crippen LogP contribution >= 0.6 is 0 Å². The zero-order chi connectivity index (χ0) is 18.8. The molecule has 0 unspecified atom stereocenters. The summed E-state index contributed by atoms with van der Waals surface area (Å²) in [4.78, 5) is 35.3. The standard InChI is InChI=1S/C15H22N4O6/c1-9(21)12(14(23)17-11(7-20)13(22)19-16)18-15(24)25-8-10-5-3-2-4-6-10/h2-6,9,11-12,20-21H,7-8,16H2,1H3,(H,17,23)(H,18,24)(H,19,22)/t9-,11+,12-/m1/s1. The van der Waals surface area contributed by atoms with Crippen LogP contribution in [0.25, 0.3) is 0 Å². The number of alkyl carbamates (subject to hydrolysis) is 1. The highest BCUT2D eigenvalue weighted by atomic mass is 16.5. The van der Waals surface area contributed by atoms with E-state index in [0.29, 0.717) is 0 Å². The number of hydrogen-bond donors (Lipinski definition) is 6. The molecule has 25 heavy (non-hydrogen) atoms. The van der Waals surface area contributed by atoms with Gasteiger partial charge in [0.1, 0.15) is 18.7 Å². The van der Waals surface area contributed by atoms with Gasteiger partial charge in [-0.3, -0.25) is 15.0 Å². The van der Waals surface area contributed by atoms with Crippen LogP contribution in [-0.4, -0.2) is 52.9 Å². The van der Waals surface area contributed by atoms with E-state index in [9.17, 15) is 19.5 Å². The minimum absolute atomic E-state index is 0.0182. The molecular weight excluding hydrogens is 332 g/mol. The molecule has 1 aromatic carbocycles. The Morgan fingerprint density at radius 1 is 1.16 bits per heavy atom. The van der Waals surface area contributed by atoms with Crippen molar-refractivity contribution in [1.82, 2.24) is 16.1 Å². The van der Waals surface area contributed by atoms with E-state index < -0.39 is 42.7 Å². The van der Waals surface area contributed by atoms with Crippen molar-refractivity contribution in [3.63, 3.8) is 0 Å². The van der Waals surface area contributed by atoms with E-state index in [1.54, 1.807) is 29.7 Å². The van der Waals surface area contributed by atoms with Gasteiger partial charge in [0.15, 0.2) is 0 Å². The maximum absolute atomic E-state index is 12.1. The minimum Gasteiger partial charge on any atom is -0.445 e. The quantitative estimate of drug-likeness (QED) is 0.181. The van der Waals surface area contributed by atoms with Crippen molar-refractivity contribution in [3.8, 4) is 0 Å². The molecule has 1 rings (SSSR count). The molecule has 3 atom stereocenters. The SMILES string of the molecule is C[C@@H](O)[C@@H](NC(=O)OCc1ccccc1)C(=O)N[C@@H](CO)C(=O)NN. The summed E-state index contributed by atoms with van der Waals surface area (Å²) in [6.07, 6.45) is -2.20. The molecule has 0 saturated carbocycles. The molecule has 0 bridgehead atoms. The molecule has 1 aromatic rings. The molecule has 0 aliphatic rings. The summed E-state index contributed by atoms with van der Waals surface area (Å²) in [6, 6.07) is 6.17. The second-order valence-corrected chi connectivity index (χ2v) is 5.18. The lowest BCUT2D eigenvalue weighted by Gasteiger charge is -2.23. The Bertz CT molecular complexity index is 581. The fraction of sp³-hybridized carbons (Fsp3) is 0.400. The first-order valence-corrected chi connectivity index (χ1v) is 7.46. The lowest BCUT2D eigenvalue weighted by atomic mass is 10.1. The Balaban J connectivity index is 2.61. The summed E-state index contributed by atoms with van der Waals surface area (Å²) in [5.41, 5.74) is 2.53. The van der Waals surface area contributed by atoms with Crippen LogP contribution in [0.15, 0.2) is 30.3 Å². The van der Waals surface area contributed by atoms with Gasteiger partial charge in [-0.15, -0.1) is 0 Å². The number of aliphatic hydroxyl groups excluding tert-OH is 2. The lowest BCUT2D eigenvalue weighted by molar-refractivity contribution is -0.132. The minimum atomic E-state index is -1.39. The summed E-state index contributed by atoms with van der Waals surface area (Å²) in [6.45, 7) is 0.550. The van der Waals surface area contributed by atoms with Crippen LogP contribution in [0.2, 0.25) is 0 Å². The maximum Gasteiger partial charge on any atom is 0.408 e. The van der Waals surface area contributed by atoms with E-state index >= 15 is 0 Å². The number of carbonyl (C=O) groups excluding carboxylic acids is 3. The Labute approximate surface area is 144 Å². The molecule has 138 valence electrons. The molecule has 0 aliphatic carbocycles. The largest absolute Gasteiger partial charge is 0.445 e. The second kappa shape index (κ2) is 10.2. The van der Waals surface area contributed by atoms with Gasteiger partial charge in [0.25, 0.3) is 5.91 Å². The number of rotatable bonds is 8. The van der Waals surface area contributed by atoms with E-state index in [-0.39, 0.29) is 6.61 Å². The first-order valence-electron chi connectivity index (χ1n) is 7.46. The van der Waals surface area contributed by atoms with Gasteiger partial charge in [-0.2, -0.15) is 0 Å². The van der Waals surface area contributed by atoms with Gasteiger partial charge in [0.2, 0.25) is 5.91 Å². The molecule has 0 aliphatic heterocycles. The van der Waals surface area contributed by atoms with Crippen LogP contribution in [-0.2, 0) is 20.9 Å². The number of nitrogens with two attached hydrogens (primary N) is 1. The normalized spacial score (nSPS) is 13.9. The zero-order valence-corrected chi connectivity index (χ0v) is 13.6. The average Bonchev–Trinajstić information content (AvgIpc) is 2.62. The number of hydrogen-bond acceptors (Lipinski definition) is 7. The smallest absolute Gasteiger partial charge is 0.408 e. The van der Waals surface area contributed by atoms with Crippen LogP contribution in [0.4, 0.5) is 4.79 Å². The number of amides is 3. The van der Waals surface area contributed by atoms with Gasteiger partial charge in [-0.05, 0) is 12.5 Å². The summed E-state index contributed by atoms with van der Waals surface area (Å²) in [5, 5.41) is 23.1. The summed E-state index contributed by atoms with van der Waals surface area (Å²) in [7, 11) is 0. The molecular formula is C15H22N4O6. The first-order chi connectivity index (χ1) is 11.9. The fourth-order valence-corrected chi connectivity index (χ4v) is 1.85. The van der Waals surface area contributed by atoms with Crippen LogP contribution in [0.1, 0.15) is 12.5 Å². The van der Waals surface area contributed by atoms with Crippen molar-refractivity contribution < 1.29 is 29.3 Å². The van der Waals surface area contributed by atoms with Gasteiger partial charge in [0, 0.05) is 0 Å². The number of aliphatic hydroxyl groups is 2. The fourth-order valence-electron chi connectivity index (χ4n) is 1.85. The number of nitrogens with one attached hydrogen (secondary N) is 3. The molecule has 0 spiro atoms. The van der Waals surface area contributed by atoms with Gasteiger partial charge in [-0.25, -0.2) is 10.6 Å². The predicted molar refractivity (Wildman–Crippen MR) is 86.6 cm³/mol. The maximum atomic E-state index is 12.1. The van der Waals surface area contributed by atoms with Crippen molar-refractivity contribution in [2.24, 2.45) is 5.84 Å². The highest BCUT2D eigenvalue weighted by Crippen LogP contribution is 2.02. The predicted octanol–water partition coefficient (Wildman–Crippen LogP) is -1.87. The third kappa shape index (κ3) is 6.75. The van der Waals surface area contributed by atoms with E-state index in [1.165, 1.54) is 6.92 Å². The number of hydrazine groups is 1. The van der Waals surface area contributed by atoms with E-state index in [1.807, 2.05) is 6.07 Å². The molecule has 7 N–H and O–H groups in total. The first kappa shape index (κ1) is 20.4. The van der Waals surface area contributed by atoms with Gasteiger partial charge in [0.05, 0.1) is 12.7 Å². The molecule has 0 radical (unpaired) electrons. The van der Waals surface area contributed by atoms with Crippen molar-refractivity contribution in [2.75, 3.05) is 6.61 Å². The third-order valence-corrected chi connectivity index (χ3v) is 3.21. The molecule has 3 amide bonds. The summed E-state index contributed by atoms with van der Waals surface area (Å²) >= 11 is 0. The highest BCUT2D eigenvalue weighted by Gasteiger charge is 2.29. The third-order valence-electron chi connectivity index (χ3n) is 3.21. The van der Waals surface area contributed by atoms with E-state index in [2.05, 4.69) is 10.6 Å². The molecule has 0 aromatic heterocycles. The van der Waals surface area contributed by atoms with Crippen LogP contribution < -0.4 is 21.9 Å². The number of ether oxygens (including phenoxy) is 1. The number of carbonyl (C=O) groups is 3. The summed E-state index contributed by atoms with van der Waals surface area (Å²) < 4.78 is 4.97. The molecule has 0 fully saturated rings. The van der Waals surface area contributed by atoms with Crippen molar-refractivity contribution in [3.05, 3.63) is 35.9 Å². The van der Waals surface area contributed by atoms with E-state index in [4.69, 9.17) is 15.7 Å². The average molecular weight is 354 g/mol. The molecule has 0 heterocycles. The van der Waals surface area contributed by atoms with Crippen molar-refractivity contribution in [1.29, 1.82) is 0 Å². The van der Waals surface area contributed by atoms with E-state index in [0.717, 1.165) is 5.56 Å². The molecule has 0 saturated heterocycles. The monoisotopic (exact) mass is 354 g/mol. The van der Waals surface area contributed by atoms with Crippen molar-refractivity contribution >= 4 is 17.9 Å². The Morgan fingerprint density at radius 3 is 2.32 bits per heavy atom. The zero-order valence-electron chi connectivity index (χ0n) is 13.6. The highest BCUT2D eigenvalue weighted by molar-refractivity contribution is 5.91. The Kier molecular flexibility index (Phi) is 8.33. The van der Waals surface area contributed by atoms with Crippen molar-refractivity contribution in [2.45, 2.75) is 31.7 Å². The topological polar surface area (TPSA) is 163 Å². The Hall–Kier alpha value is -2.69. The van der Waals surface area contributed by atoms with Crippen LogP contribution in [0, 0.1) is 0 Å². The van der Waals surface area contributed by atoms with Gasteiger partial charge in [-0.1, -0.05) is 30.3 Å². The Morgan fingerprint density at radius 2 is 1.80 bits per heavy atom. The molecule has 10 heteroatoms. The van der Waals surface area contributed by atoms with Crippen LogP contribution in [0.5, 0.6) is 0 Å². The lowest BCUT2D eigenvalue weighted by Crippen LogP contribution is -2.58. The van der Waals surface area contributed by atoms with Crippen LogP contribution in [0.3, 0.4) is 0 Å².